The van der Waals surface area contributed by atoms with Gasteiger partial charge in [0.1, 0.15) is 11.9 Å². The van der Waals surface area contributed by atoms with Crippen molar-refractivity contribution in [1.82, 2.24) is 10.6 Å². The number of likely N-dealkylation sites (N-methyl/N-ethyl adjacent to an activating group) is 1. The van der Waals surface area contributed by atoms with Crippen molar-refractivity contribution in [2.75, 3.05) is 13.6 Å². The minimum absolute atomic E-state index is 0.0693. The molecule has 19 heavy (non-hydrogen) atoms. The van der Waals surface area contributed by atoms with Crippen LogP contribution in [0.5, 0.6) is 0 Å². The Morgan fingerprint density at radius 2 is 1.95 bits per heavy atom. The van der Waals surface area contributed by atoms with Crippen LogP contribution in [0.1, 0.15) is 12.5 Å². The molecule has 2 nitrogen and oxygen atoms in total. The zero-order chi connectivity index (χ0) is 14.5. The lowest BCUT2D eigenvalue weighted by atomic mass is 9.98. The van der Waals surface area contributed by atoms with Crippen LogP contribution in [0.3, 0.4) is 0 Å². The van der Waals surface area contributed by atoms with Gasteiger partial charge < -0.3 is 10.6 Å². The summed E-state index contributed by atoms with van der Waals surface area (Å²) in [5.41, 5.74) is -0.241. The Morgan fingerprint density at radius 1 is 1.32 bits per heavy atom. The number of hydrogen-bond acceptors (Lipinski definition) is 2. The summed E-state index contributed by atoms with van der Waals surface area (Å²) < 4.78 is 52.6. The molecule has 0 spiro atoms. The second-order valence-corrected chi connectivity index (χ2v) is 3.90. The Labute approximate surface area is 109 Å². The van der Waals surface area contributed by atoms with Gasteiger partial charge in [-0.05, 0) is 20.0 Å². The van der Waals surface area contributed by atoms with E-state index >= 15 is 0 Å². The highest BCUT2D eigenvalue weighted by Crippen LogP contribution is 2.31. The Hall–Kier alpha value is -1.56. The number of benzene rings is 1. The first-order valence-electron chi connectivity index (χ1n) is 5.84. The van der Waals surface area contributed by atoms with Crippen LogP contribution in [0, 0.1) is 5.82 Å². The molecule has 1 unspecified atom stereocenters. The van der Waals surface area contributed by atoms with Crippen molar-refractivity contribution in [3.63, 3.8) is 0 Å². The van der Waals surface area contributed by atoms with Crippen molar-refractivity contribution in [2.45, 2.75) is 19.1 Å². The molecule has 0 saturated heterocycles. The maximum atomic E-state index is 13.7. The van der Waals surface area contributed by atoms with E-state index in [0.29, 0.717) is 6.54 Å². The van der Waals surface area contributed by atoms with E-state index in [1.807, 2.05) is 0 Å². The van der Waals surface area contributed by atoms with E-state index in [1.165, 1.54) is 31.4 Å². The molecule has 1 aromatic rings. The third-order valence-corrected chi connectivity index (χ3v) is 2.57. The predicted molar refractivity (Wildman–Crippen MR) is 67.0 cm³/mol. The number of rotatable bonds is 5. The largest absolute Gasteiger partial charge is 0.407 e. The normalized spacial score (nSPS) is 14.3. The van der Waals surface area contributed by atoms with Crippen LogP contribution < -0.4 is 10.6 Å². The molecule has 0 bridgehead atoms. The van der Waals surface area contributed by atoms with E-state index < -0.39 is 18.0 Å². The summed E-state index contributed by atoms with van der Waals surface area (Å²) in [6.45, 7) is 2.20. The average Bonchev–Trinajstić information content (AvgIpc) is 2.34. The summed E-state index contributed by atoms with van der Waals surface area (Å²) >= 11 is 0. The summed E-state index contributed by atoms with van der Waals surface area (Å²) in [4.78, 5) is 0. The lowest BCUT2D eigenvalue weighted by molar-refractivity contribution is -0.140. The zero-order valence-electron chi connectivity index (χ0n) is 10.7. The van der Waals surface area contributed by atoms with Crippen molar-refractivity contribution in [3.8, 4) is 0 Å². The second-order valence-electron chi connectivity index (χ2n) is 3.90. The first-order chi connectivity index (χ1) is 8.91. The summed E-state index contributed by atoms with van der Waals surface area (Å²) in [5, 5.41) is 4.87. The third-order valence-electron chi connectivity index (χ3n) is 2.57. The van der Waals surface area contributed by atoms with Gasteiger partial charge in [0.25, 0.3) is 0 Å². The number of halogens is 4. The molecule has 0 amide bonds. The zero-order valence-corrected chi connectivity index (χ0v) is 10.7. The smallest absolute Gasteiger partial charge is 0.391 e. The SMILES string of the molecule is CCN/C=C(/c1ccccc1F)C(NC)C(F)(F)F. The molecule has 1 atom stereocenters. The topological polar surface area (TPSA) is 24.1 Å². The van der Waals surface area contributed by atoms with Gasteiger partial charge in [0.2, 0.25) is 0 Å². The molecule has 0 aliphatic carbocycles. The predicted octanol–water partition coefficient (Wildman–Crippen LogP) is 2.93. The summed E-state index contributed by atoms with van der Waals surface area (Å²) in [7, 11) is 1.19. The van der Waals surface area contributed by atoms with Crippen molar-refractivity contribution in [3.05, 3.63) is 41.8 Å². The van der Waals surface area contributed by atoms with Gasteiger partial charge in [-0.2, -0.15) is 13.2 Å². The first kappa shape index (κ1) is 15.5. The van der Waals surface area contributed by atoms with Gasteiger partial charge in [0.15, 0.2) is 0 Å². The highest BCUT2D eigenvalue weighted by atomic mass is 19.4. The summed E-state index contributed by atoms with van der Waals surface area (Å²) in [5.74, 6) is -0.684. The summed E-state index contributed by atoms with van der Waals surface area (Å²) in [6, 6.07) is 3.48. The van der Waals surface area contributed by atoms with Crippen molar-refractivity contribution in [1.29, 1.82) is 0 Å². The van der Waals surface area contributed by atoms with Crippen LogP contribution in [0.15, 0.2) is 30.5 Å². The lowest BCUT2D eigenvalue weighted by Crippen LogP contribution is -2.41. The average molecular weight is 276 g/mol. The van der Waals surface area contributed by atoms with Gasteiger partial charge in [-0.3, -0.25) is 0 Å². The van der Waals surface area contributed by atoms with Crippen molar-refractivity contribution < 1.29 is 17.6 Å². The minimum atomic E-state index is -4.50. The molecule has 106 valence electrons. The monoisotopic (exact) mass is 276 g/mol. The van der Waals surface area contributed by atoms with Gasteiger partial charge >= 0.3 is 6.18 Å². The van der Waals surface area contributed by atoms with Crippen LogP contribution >= 0.6 is 0 Å². The van der Waals surface area contributed by atoms with Gasteiger partial charge in [-0.25, -0.2) is 4.39 Å². The maximum absolute atomic E-state index is 13.7. The van der Waals surface area contributed by atoms with Crippen LogP contribution in [0.25, 0.3) is 5.57 Å². The van der Waals surface area contributed by atoms with Crippen LogP contribution in [-0.2, 0) is 0 Å². The number of hydrogen-bond donors (Lipinski definition) is 2. The lowest BCUT2D eigenvalue weighted by Gasteiger charge is -2.23. The van der Waals surface area contributed by atoms with Gasteiger partial charge in [-0.1, -0.05) is 18.2 Å². The molecule has 0 heterocycles. The highest BCUT2D eigenvalue weighted by Gasteiger charge is 2.42. The molecule has 0 fully saturated rings. The van der Waals surface area contributed by atoms with E-state index in [-0.39, 0.29) is 11.1 Å². The second kappa shape index (κ2) is 6.56. The molecule has 0 radical (unpaired) electrons. The summed E-state index contributed by atoms with van der Waals surface area (Å²) in [6.07, 6.45) is -3.30. The molecule has 0 saturated carbocycles. The molecule has 0 aromatic heterocycles. The fraction of sp³-hybridized carbons (Fsp3) is 0.385. The molecule has 0 aliphatic rings. The molecular weight excluding hydrogens is 260 g/mol. The highest BCUT2D eigenvalue weighted by molar-refractivity contribution is 5.70. The molecular formula is C13H16F4N2. The molecule has 1 rings (SSSR count). The third kappa shape index (κ3) is 3.96. The van der Waals surface area contributed by atoms with E-state index in [1.54, 1.807) is 6.92 Å². The van der Waals surface area contributed by atoms with Crippen LogP contribution in [0.4, 0.5) is 17.6 Å². The quantitative estimate of drug-likeness (QED) is 0.808. The first-order valence-corrected chi connectivity index (χ1v) is 5.84. The Morgan fingerprint density at radius 3 is 2.42 bits per heavy atom. The number of nitrogens with one attached hydrogen (secondary N) is 2. The van der Waals surface area contributed by atoms with Gasteiger partial charge in [-0.15, -0.1) is 0 Å². The fourth-order valence-electron chi connectivity index (χ4n) is 1.72. The van der Waals surface area contributed by atoms with Crippen molar-refractivity contribution >= 4 is 5.57 Å². The van der Waals surface area contributed by atoms with Crippen LogP contribution in [-0.4, -0.2) is 25.8 Å². The Balaban J connectivity index is 3.26. The van der Waals surface area contributed by atoms with E-state index in [0.717, 1.165) is 6.07 Å². The molecule has 6 heteroatoms. The molecule has 0 aliphatic heterocycles. The standard InChI is InChI=1S/C13H16F4N2/c1-3-19-8-10(12(18-2)13(15,16)17)9-6-4-5-7-11(9)14/h4-8,12,18-19H,3H2,1-2H3/b10-8-. The van der Waals surface area contributed by atoms with Crippen LogP contribution in [0.2, 0.25) is 0 Å². The van der Waals surface area contributed by atoms with Gasteiger partial charge in [0.05, 0.1) is 0 Å². The Kier molecular flexibility index (Phi) is 5.35. The van der Waals surface area contributed by atoms with E-state index in [4.69, 9.17) is 0 Å². The van der Waals surface area contributed by atoms with E-state index in [9.17, 15) is 17.6 Å². The number of alkyl halides is 3. The molecule has 2 N–H and O–H groups in total. The van der Waals surface area contributed by atoms with Crippen molar-refractivity contribution in [2.24, 2.45) is 0 Å². The van der Waals surface area contributed by atoms with Gasteiger partial charge in [0, 0.05) is 23.9 Å². The Bertz CT molecular complexity index is 441. The maximum Gasteiger partial charge on any atom is 0.407 e. The van der Waals surface area contributed by atoms with E-state index in [2.05, 4.69) is 10.6 Å². The fourth-order valence-corrected chi connectivity index (χ4v) is 1.72. The minimum Gasteiger partial charge on any atom is -0.391 e. The molecule has 1 aromatic carbocycles.